The summed E-state index contributed by atoms with van der Waals surface area (Å²) in [6.07, 6.45) is 4.81. The van der Waals surface area contributed by atoms with E-state index < -0.39 is 0 Å². The average molecular weight is 339 g/mol. The topological polar surface area (TPSA) is 46.3 Å². The van der Waals surface area contributed by atoms with Crippen LogP contribution in [0.5, 0.6) is 0 Å². The van der Waals surface area contributed by atoms with Crippen LogP contribution in [0.15, 0.2) is 16.6 Å². The van der Waals surface area contributed by atoms with Gasteiger partial charge in [-0.3, -0.25) is 4.79 Å². The number of nitrogens with two attached hydrogens (primary N) is 1. The molecular weight excluding hydrogens is 316 g/mol. The molecule has 0 saturated heterocycles. The number of amides is 1. The van der Waals surface area contributed by atoms with Crippen molar-refractivity contribution < 1.29 is 4.79 Å². The van der Waals surface area contributed by atoms with E-state index in [1.54, 1.807) is 0 Å². The van der Waals surface area contributed by atoms with Gasteiger partial charge in [-0.15, -0.1) is 0 Å². The molecular formula is C16H23BrN2O. The van der Waals surface area contributed by atoms with Crippen LogP contribution in [0.1, 0.15) is 48.5 Å². The van der Waals surface area contributed by atoms with Crippen LogP contribution >= 0.6 is 15.9 Å². The number of hydrogen-bond donors (Lipinski definition) is 1. The van der Waals surface area contributed by atoms with Crippen molar-refractivity contribution in [3.05, 3.63) is 27.7 Å². The number of hydrogen-bond acceptors (Lipinski definition) is 2. The van der Waals surface area contributed by atoms with Crippen molar-refractivity contribution in [2.24, 2.45) is 5.92 Å². The molecule has 0 radical (unpaired) electrons. The van der Waals surface area contributed by atoms with E-state index in [4.69, 9.17) is 5.73 Å². The fourth-order valence-electron chi connectivity index (χ4n) is 3.13. The van der Waals surface area contributed by atoms with Crippen LogP contribution in [-0.4, -0.2) is 23.9 Å². The number of anilines is 1. The van der Waals surface area contributed by atoms with Gasteiger partial charge >= 0.3 is 0 Å². The molecule has 2 unspecified atom stereocenters. The summed E-state index contributed by atoms with van der Waals surface area (Å²) in [6.45, 7) is 4.16. The molecule has 1 amide bonds. The number of benzene rings is 1. The van der Waals surface area contributed by atoms with E-state index >= 15 is 0 Å². The molecule has 1 aliphatic carbocycles. The molecule has 0 aliphatic heterocycles. The fraction of sp³-hybridized carbons (Fsp3) is 0.562. The molecule has 110 valence electrons. The second kappa shape index (κ2) is 6.17. The molecule has 0 aromatic heterocycles. The van der Waals surface area contributed by atoms with Gasteiger partial charge in [0.25, 0.3) is 5.91 Å². The summed E-state index contributed by atoms with van der Waals surface area (Å²) in [6, 6.07) is 4.06. The van der Waals surface area contributed by atoms with Crippen molar-refractivity contribution >= 4 is 27.5 Å². The van der Waals surface area contributed by atoms with E-state index in [1.165, 1.54) is 19.3 Å². The first-order chi connectivity index (χ1) is 9.41. The predicted octanol–water partition coefficient (Wildman–Crippen LogP) is 3.99. The van der Waals surface area contributed by atoms with Gasteiger partial charge in [-0.1, -0.05) is 35.7 Å². The number of carbonyl (C=O) groups excluding carboxylic acids is 1. The van der Waals surface area contributed by atoms with E-state index in [0.717, 1.165) is 16.5 Å². The molecule has 2 N–H and O–H groups in total. The second-order valence-electron chi connectivity index (χ2n) is 5.91. The lowest BCUT2D eigenvalue weighted by atomic mass is 9.85. The Morgan fingerprint density at radius 3 is 2.65 bits per heavy atom. The van der Waals surface area contributed by atoms with Gasteiger partial charge in [0.15, 0.2) is 0 Å². The summed E-state index contributed by atoms with van der Waals surface area (Å²) in [4.78, 5) is 14.7. The first kappa shape index (κ1) is 15.4. The van der Waals surface area contributed by atoms with E-state index in [2.05, 4.69) is 22.9 Å². The largest absolute Gasteiger partial charge is 0.398 e. The van der Waals surface area contributed by atoms with Gasteiger partial charge in [-0.2, -0.15) is 0 Å². The molecule has 1 aromatic rings. The van der Waals surface area contributed by atoms with Crippen LogP contribution in [-0.2, 0) is 0 Å². The molecule has 1 aromatic carbocycles. The van der Waals surface area contributed by atoms with Gasteiger partial charge in [-0.05, 0) is 43.4 Å². The summed E-state index contributed by atoms with van der Waals surface area (Å²) in [5.74, 6) is 0.650. The Morgan fingerprint density at radius 2 is 2.00 bits per heavy atom. The first-order valence-electron chi connectivity index (χ1n) is 7.24. The maximum absolute atomic E-state index is 12.8. The Morgan fingerprint density at radius 1 is 1.35 bits per heavy atom. The highest BCUT2D eigenvalue weighted by molar-refractivity contribution is 9.10. The van der Waals surface area contributed by atoms with Crippen molar-refractivity contribution in [2.75, 3.05) is 12.8 Å². The number of nitrogen functional groups attached to an aromatic ring is 1. The van der Waals surface area contributed by atoms with Crippen LogP contribution in [0, 0.1) is 12.8 Å². The summed E-state index contributed by atoms with van der Waals surface area (Å²) in [7, 11) is 1.92. The summed E-state index contributed by atoms with van der Waals surface area (Å²) in [5, 5.41) is 0. The molecule has 4 heteroatoms. The third-order valence-corrected chi connectivity index (χ3v) is 4.98. The lowest BCUT2D eigenvalue weighted by Crippen LogP contribution is -2.42. The number of rotatable bonds is 2. The quantitative estimate of drug-likeness (QED) is 0.828. The van der Waals surface area contributed by atoms with E-state index in [9.17, 15) is 4.79 Å². The van der Waals surface area contributed by atoms with Crippen molar-refractivity contribution in [2.45, 2.75) is 45.6 Å². The van der Waals surface area contributed by atoms with Gasteiger partial charge in [0.05, 0.1) is 0 Å². The van der Waals surface area contributed by atoms with Gasteiger partial charge in [0, 0.05) is 28.8 Å². The standard InChI is InChI=1S/C16H23BrN2O/c1-10-6-4-5-7-15(10)19(3)16(20)13-8-12(17)9-14(18)11(13)2/h8-10,15H,4-7,18H2,1-3H3. The Balaban J connectivity index is 2.26. The summed E-state index contributed by atoms with van der Waals surface area (Å²) >= 11 is 3.42. The zero-order chi connectivity index (χ0) is 14.9. The lowest BCUT2D eigenvalue weighted by molar-refractivity contribution is 0.0628. The average Bonchev–Trinajstić information content (AvgIpc) is 2.42. The maximum Gasteiger partial charge on any atom is 0.254 e. The third kappa shape index (κ3) is 3.00. The van der Waals surface area contributed by atoms with E-state index in [1.807, 2.05) is 31.0 Å². The van der Waals surface area contributed by atoms with Gasteiger partial charge < -0.3 is 10.6 Å². The summed E-state index contributed by atoms with van der Waals surface area (Å²) in [5.41, 5.74) is 8.20. The highest BCUT2D eigenvalue weighted by atomic mass is 79.9. The SMILES string of the molecule is Cc1c(N)cc(Br)cc1C(=O)N(C)C1CCCCC1C. The van der Waals surface area contributed by atoms with Gasteiger partial charge in [0.2, 0.25) is 0 Å². The zero-order valence-electron chi connectivity index (χ0n) is 12.4. The molecule has 2 rings (SSSR count). The van der Waals surface area contributed by atoms with Crippen LogP contribution in [0.3, 0.4) is 0 Å². The molecule has 2 atom stereocenters. The van der Waals surface area contributed by atoms with Crippen LogP contribution in [0.25, 0.3) is 0 Å². The fourth-order valence-corrected chi connectivity index (χ4v) is 3.61. The van der Waals surface area contributed by atoms with Crippen molar-refractivity contribution in [1.82, 2.24) is 4.90 Å². The molecule has 0 spiro atoms. The minimum Gasteiger partial charge on any atom is -0.398 e. The Bertz CT molecular complexity index is 515. The number of carbonyl (C=O) groups is 1. The van der Waals surface area contributed by atoms with Gasteiger partial charge in [-0.25, -0.2) is 0 Å². The van der Waals surface area contributed by atoms with Crippen molar-refractivity contribution in [1.29, 1.82) is 0 Å². The minimum absolute atomic E-state index is 0.0780. The second-order valence-corrected chi connectivity index (χ2v) is 6.83. The highest BCUT2D eigenvalue weighted by Crippen LogP contribution is 2.30. The molecule has 1 aliphatic rings. The Hall–Kier alpha value is -1.03. The molecule has 20 heavy (non-hydrogen) atoms. The predicted molar refractivity (Wildman–Crippen MR) is 86.8 cm³/mol. The van der Waals surface area contributed by atoms with Crippen molar-refractivity contribution in [3.8, 4) is 0 Å². The zero-order valence-corrected chi connectivity index (χ0v) is 14.0. The molecule has 3 nitrogen and oxygen atoms in total. The van der Waals surface area contributed by atoms with Crippen molar-refractivity contribution in [3.63, 3.8) is 0 Å². The van der Waals surface area contributed by atoms with E-state index in [0.29, 0.717) is 23.2 Å². The number of nitrogens with zero attached hydrogens (tertiary/aromatic N) is 1. The summed E-state index contributed by atoms with van der Waals surface area (Å²) < 4.78 is 0.856. The maximum atomic E-state index is 12.8. The van der Waals surface area contributed by atoms with Crippen LogP contribution in [0.4, 0.5) is 5.69 Å². The van der Waals surface area contributed by atoms with E-state index in [-0.39, 0.29) is 5.91 Å². The minimum atomic E-state index is 0.0780. The number of halogens is 1. The van der Waals surface area contributed by atoms with Gasteiger partial charge in [0.1, 0.15) is 0 Å². The van der Waals surface area contributed by atoms with Crippen LogP contribution in [0.2, 0.25) is 0 Å². The molecule has 0 bridgehead atoms. The highest BCUT2D eigenvalue weighted by Gasteiger charge is 2.29. The Labute approximate surface area is 129 Å². The molecule has 0 heterocycles. The third-order valence-electron chi connectivity index (χ3n) is 4.53. The monoisotopic (exact) mass is 338 g/mol. The molecule has 1 fully saturated rings. The normalized spacial score (nSPS) is 22.6. The van der Waals surface area contributed by atoms with Crippen LogP contribution < -0.4 is 5.73 Å². The smallest absolute Gasteiger partial charge is 0.254 e. The molecule has 1 saturated carbocycles. The Kier molecular flexibility index (Phi) is 4.74. The lowest BCUT2D eigenvalue weighted by Gasteiger charge is -2.36. The first-order valence-corrected chi connectivity index (χ1v) is 8.04.